The van der Waals surface area contributed by atoms with Gasteiger partial charge in [-0.25, -0.2) is 4.79 Å². The molecule has 0 saturated carbocycles. The quantitative estimate of drug-likeness (QED) is 0.674. The van der Waals surface area contributed by atoms with Gasteiger partial charge in [0, 0.05) is 12.1 Å². The van der Waals surface area contributed by atoms with Crippen molar-refractivity contribution in [1.82, 2.24) is 5.32 Å². The Kier molecular flexibility index (Phi) is 4.73. The summed E-state index contributed by atoms with van der Waals surface area (Å²) in [6.07, 6.45) is -11.8. The fraction of sp³-hybridized carbons (Fsp3) is 0.462. The van der Waals surface area contributed by atoms with E-state index in [4.69, 9.17) is 4.74 Å². The third-order valence-corrected chi connectivity index (χ3v) is 2.99. The zero-order valence-electron chi connectivity index (χ0n) is 11.4. The topological polar surface area (TPSA) is 47.6 Å². The van der Waals surface area contributed by atoms with Crippen molar-refractivity contribution in [2.24, 2.45) is 0 Å². The van der Waals surface area contributed by atoms with E-state index in [0.717, 1.165) is 0 Å². The van der Waals surface area contributed by atoms with Crippen LogP contribution >= 0.6 is 0 Å². The molecule has 1 aromatic carbocycles. The minimum atomic E-state index is -5.11. The van der Waals surface area contributed by atoms with Gasteiger partial charge in [0.05, 0.1) is 13.0 Å². The van der Waals surface area contributed by atoms with Crippen LogP contribution in [0.4, 0.5) is 26.3 Å². The number of hydrogen-bond acceptors (Lipinski definition) is 4. The van der Waals surface area contributed by atoms with Crippen LogP contribution in [0, 0.1) is 0 Å². The summed E-state index contributed by atoms with van der Waals surface area (Å²) in [6, 6.07) is 4.03. The van der Waals surface area contributed by atoms with Gasteiger partial charge in [-0.1, -0.05) is 0 Å². The molecule has 0 amide bonds. The number of carbonyl (C=O) groups excluding carboxylic acids is 1. The standard InChI is InChI=1S/C13H11F6NO3/c14-12(15,16)3-4-22-8-1-2-9-7(5-8)6-20-10(9)23-11(21)13(17,18)19/h1-2,5,10,20H,3-4,6H2. The molecule has 0 radical (unpaired) electrons. The van der Waals surface area contributed by atoms with Gasteiger partial charge in [-0.3, -0.25) is 5.32 Å². The number of fused-ring (bicyclic) bond motifs is 1. The first kappa shape index (κ1) is 17.4. The smallest absolute Gasteiger partial charge is 0.490 e. The largest absolute Gasteiger partial charge is 0.493 e. The second-order valence-corrected chi connectivity index (χ2v) is 4.74. The van der Waals surface area contributed by atoms with Crippen LogP contribution in [0.1, 0.15) is 23.8 Å². The zero-order chi connectivity index (χ0) is 17.3. The highest BCUT2D eigenvalue weighted by Crippen LogP contribution is 2.31. The molecule has 0 aliphatic carbocycles. The van der Waals surface area contributed by atoms with Crippen LogP contribution < -0.4 is 10.1 Å². The second kappa shape index (κ2) is 6.26. The van der Waals surface area contributed by atoms with Crippen LogP contribution in [0.3, 0.4) is 0 Å². The van der Waals surface area contributed by atoms with Gasteiger partial charge in [-0.15, -0.1) is 0 Å². The Morgan fingerprint density at radius 1 is 1.22 bits per heavy atom. The van der Waals surface area contributed by atoms with Crippen molar-refractivity contribution in [3.63, 3.8) is 0 Å². The third-order valence-electron chi connectivity index (χ3n) is 2.99. The van der Waals surface area contributed by atoms with Crippen molar-refractivity contribution < 1.29 is 40.6 Å². The first-order valence-electron chi connectivity index (χ1n) is 6.40. The fourth-order valence-corrected chi connectivity index (χ4v) is 1.96. The molecule has 0 aromatic heterocycles. The van der Waals surface area contributed by atoms with Crippen LogP contribution in [0.25, 0.3) is 0 Å². The van der Waals surface area contributed by atoms with E-state index in [0.29, 0.717) is 11.1 Å². The molecule has 0 bridgehead atoms. The predicted octanol–water partition coefficient (Wildman–Crippen LogP) is 3.23. The van der Waals surface area contributed by atoms with Crippen LogP contribution in [0.2, 0.25) is 0 Å². The molecule has 1 unspecified atom stereocenters. The number of benzene rings is 1. The molecule has 4 nitrogen and oxygen atoms in total. The van der Waals surface area contributed by atoms with E-state index in [-0.39, 0.29) is 12.3 Å². The van der Waals surface area contributed by atoms with Crippen LogP contribution in [-0.4, -0.2) is 24.9 Å². The van der Waals surface area contributed by atoms with Crippen molar-refractivity contribution >= 4 is 5.97 Å². The van der Waals surface area contributed by atoms with Crippen molar-refractivity contribution in [3.05, 3.63) is 29.3 Å². The van der Waals surface area contributed by atoms with Gasteiger partial charge >= 0.3 is 18.3 Å². The normalized spacial score (nSPS) is 17.7. The maximum atomic E-state index is 12.2. The Labute approximate surface area is 126 Å². The van der Waals surface area contributed by atoms with Crippen molar-refractivity contribution in [2.75, 3.05) is 6.61 Å². The minimum absolute atomic E-state index is 0.0988. The van der Waals surface area contributed by atoms with Gasteiger partial charge in [0.15, 0.2) is 6.23 Å². The lowest BCUT2D eigenvalue weighted by molar-refractivity contribution is -0.206. The van der Waals surface area contributed by atoms with Gasteiger partial charge in [0.1, 0.15) is 5.75 Å². The maximum Gasteiger partial charge on any atom is 0.490 e. The van der Waals surface area contributed by atoms with Gasteiger partial charge in [-0.2, -0.15) is 26.3 Å². The lowest BCUT2D eigenvalue weighted by Crippen LogP contribution is -2.30. The maximum absolute atomic E-state index is 12.2. The molecule has 1 aliphatic rings. The van der Waals surface area contributed by atoms with E-state index in [1.165, 1.54) is 18.2 Å². The third kappa shape index (κ3) is 4.75. The van der Waals surface area contributed by atoms with Gasteiger partial charge in [-0.05, 0) is 23.8 Å². The van der Waals surface area contributed by atoms with E-state index < -0.39 is 37.6 Å². The number of halogens is 6. The molecule has 1 N–H and O–H groups in total. The monoisotopic (exact) mass is 343 g/mol. The van der Waals surface area contributed by atoms with Gasteiger partial charge in [0.25, 0.3) is 0 Å². The Bertz CT molecular complexity index is 584. The predicted molar refractivity (Wildman–Crippen MR) is 64.3 cm³/mol. The van der Waals surface area contributed by atoms with E-state index in [1.807, 2.05) is 0 Å². The van der Waals surface area contributed by atoms with Crippen molar-refractivity contribution in [1.29, 1.82) is 0 Å². The van der Waals surface area contributed by atoms with Gasteiger partial charge < -0.3 is 9.47 Å². The Morgan fingerprint density at radius 2 is 1.91 bits per heavy atom. The number of ether oxygens (including phenoxy) is 2. The molecule has 1 heterocycles. The summed E-state index contributed by atoms with van der Waals surface area (Å²) < 4.78 is 81.8. The summed E-state index contributed by atoms with van der Waals surface area (Å²) in [5.41, 5.74) is 0.778. The van der Waals surface area contributed by atoms with Crippen LogP contribution in [0.15, 0.2) is 18.2 Å². The van der Waals surface area contributed by atoms with E-state index >= 15 is 0 Å². The van der Waals surface area contributed by atoms with E-state index in [9.17, 15) is 31.1 Å². The molecule has 23 heavy (non-hydrogen) atoms. The molecule has 0 fully saturated rings. The van der Waals surface area contributed by atoms with Crippen molar-refractivity contribution in [3.8, 4) is 5.75 Å². The number of rotatable bonds is 4. The van der Waals surface area contributed by atoms with Crippen LogP contribution in [0.5, 0.6) is 5.75 Å². The fourth-order valence-electron chi connectivity index (χ4n) is 1.96. The van der Waals surface area contributed by atoms with E-state index in [2.05, 4.69) is 10.1 Å². The summed E-state index contributed by atoms with van der Waals surface area (Å²) in [5, 5.41) is 2.55. The Morgan fingerprint density at radius 3 is 2.52 bits per heavy atom. The molecule has 1 aliphatic heterocycles. The molecule has 1 aromatic rings. The number of nitrogens with one attached hydrogen (secondary N) is 1. The number of esters is 1. The molecule has 0 saturated heterocycles. The molecule has 10 heteroatoms. The van der Waals surface area contributed by atoms with Crippen molar-refractivity contribution in [2.45, 2.75) is 31.5 Å². The number of hydrogen-bond donors (Lipinski definition) is 1. The highest BCUT2D eigenvalue weighted by Gasteiger charge is 2.43. The summed E-state index contributed by atoms with van der Waals surface area (Å²) in [4.78, 5) is 10.8. The summed E-state index contributed by atoms with van der Waals surface area (Å²) in [5.74, 6) is -2.18. The SMILES string of the molecule is O=C(OC1NCc2cc(OCCC(F)(F)F)ccc21)C(F)(F)F. The van der Waals surface area contributed by atoms with E-state index in [1.54, 1.807) is 0 Å². The minimum Gasteiger partial charge on any atom is -0.493 e. The van der Waals surface area contributed by atoms with Crippen LogP contribution in [-0.2, 0) is 16.1 Å². The molecular weight excluding hydrogens is 332 g/mol. The lowest BCUT2D eigenvalue weighted by Gasteiger charge is -2.15. The summed E-state index contributed by atoms with van der Waals surface area (Å²) in [6.45, 7) is -0.468. The number of carbonyl (C=O) groups is 1. The lowest BCUT2D eigenvalue weighted by atomic mass is 10.1. The van der Waals surface area contributed by atoms with Gasteiger partial charge in [0.2, 0.25) is 0 Å². The number of alkyl halides is 6. The first-order chi connectivity index (χ1) is 10.6. The molecule has 0 spiro atoms. The zero-order valence-corrected chi connectivity index (χ0v) is 11.4. The molecule has 2 rings (SSSR count). The summed E-state index contributed by atoms with van der Waals surface area (Å²) >= 11 is 0. The Hall–Kier alpha value is -1.97. The second-order valence-electron chi connectivity index (χ2n) is 4.74. The highest BCUT2D eigenvalue weighted by atomic mass is 19.4. The molecular formula is C13H11F6NO3. The summed E-state index contributed by atoms with van der Waals surface area (Å²) in [7, 11) is 0. The Balaban J connectivity index is 1.99. The first-order valence-corrected chi connectivity index (χ1v) is 6.40. The highest BCUT2D eigenvalue weighted by molar-refractivity contribution is 5.76. The average Bonchev–Trinajstić information content (AvgIpc) is 2.79. The molecule has 128 valence electrons. The average molecular weight is 343 g/mol. The molecule has 1 atom stereocenters.